The van der Waals surface area contributed by atoms with E-state index in [2.05, 4.69) is 15.9 Å². The maximum absolute atomic E-state index is 9.92. The molecule has 0 atom stereocenters. The molecule has 6 heteroatoms. The topological polar surface area (TPSA) is 54.4 Å². The van der Waals surface area contributed by atoms with Crippen LogP contribution in [0.2, 0.25) is 0 Å². The standard InChI is InChI=1S/C3H7BrO3S.K.H/c4-2-1-3-8(5,6)7;;/h1-3H2,(H,5,6,7);;. The normalized spacial score (nSPS) is 10.4. The molecule has 0 aromatic carbocycles. The summed E-state index contributed by atoms with van der Waals surface area (Å²) in [6.45, 7) is 0. The van der Waals surface area contributed by atoms with Gasteiger partial charge in [-0.1, -0.05) is 15.9 Å². The van der Waals surface area contributed by atoms with Crippen molar-refractivity contribution < 1.29 is 13.0 Å². The van der Waals surface area contributed by atoms with Gasteiger partial charge < -0.3 is 0 Å². The van der Waals surface area contributed by atoms with E-state index in [9.17, 15) is 8.42 Å². The van der Waals surface area contributed by atoms with Crippen molar-refractivity contribution >= 4 is 77.4 Å². The molecule has 1 N–H and O–H groups in total. The van der Waals surface area contributed by atoms with E-state index >= 15 is 0 Å². The van der Waals surface area contributed by atoms with E-state index in [1.54, 1.807) is 0 Å². The molecule has 0 saturated carbocycles. The molecule has 0 heterocycles. The van der Waals surface area contributed by atoms with Gasteiger partial charge in [-0.2, -0.15) is 8.42 Å². The van der Waals surface area contributed by atoms with Crippen molar-refractivity contribution in [3.63, 3.8) is 0 Å². The molecule has 52 valence electrons. The maximum atomic E-state index is 9.92. The van der Waals surface area contributed by atoms with Crippen LogP contribution in [0.15, 0.2) is 0 Å². The van der Waals surface area contributed by atoms with Crippen LogP contribution in [0.3, 0.4) is 0 Å². The van der Waals surface area contributed by atoms with Crippen molar-refractivity contribution in [1.82, 2.24) is 0 Å². The van der Waals surface area contributed by atoms with Gasteiger partial charge in [0, 0.05) is 5.33 Å². The summed E-state index contributed by atoms with van der Waals surface area (Å²) in [6, 6.07) is 0. The van der Waals surface area contributed by atoms with Gasteiger partial charge >= 0.3 is 51.4 Å². The van der Waals surface area contributed by atoms with Gasteiger partial charge in [0.15, 0.2) is 0 Å². The fraction of sp³-hybridized carbons (Fsp3) is 1.00. The van der Waals surface area contributed by atoms with Crippen LogP contribution in [0.4, 0.5) is 0 Å². The van der Waals surface area contributed by atoms with E-state index < -0.39 is 10.1 Å². The third-order valence-corrected chi connectivity index (χ3v) is 1.90. The van der Waals surface area contributed by atoms with Gasteiger partial charge in [-0.25, -0.2) is 0 Å². The van der Waals surface area contributed by atoms with Crippen molar-refractivity contribution in [2.24, 2.45) is 0 Å². The third-order valence-electron chi connectivity index (χ3n) is 0.536. The van der Waals surface area contributed by atoms with Gasteiger partial charge in [-0.3, -0.25) is 4.55 Å². The Morgan fingerprint density at radius 2 is 1.89 bits per heavy atom. The van der Waals surface area contributed by atoms with Gasteiger partial charge in [-0.05, 0) is 6.42 Å². The Labute approximate surface area is 106 Å². The summed E-state index contributed by atoms with van der Waals surface area (Å²) in [6.07, 6.45) is 0.457. The molecule has 0 aromatic rings. The molecular weight excluding hydrogens is 235 g/mol. The van der Waals surface area contributed by atoms with Crippen molar-refractivity contribution in [1.29, 1.82) is 0 Å². The Kier molecular flexibility index (Phi) is 10.2. The first kappa shape index (κ1) is 13.6. The Morgan fingerprint density at radius 3 is 2.00 bits per heavy atom. The first-order chi connectivity index (χ1) is 3.56. The van der Waals surface area contributed by atoms with Crippen LogP contribution >= 0.6 is 15.9 Å². The minimum atomic E-state index is -3.72. The van der Waals surface area contributed by atoms with Gasteiger partial charge in [0.25, 0.3) is 10.1 Å². The van der Waals surface area contributed by atoms with Crippen LogP contribution in [0.25, 0.3) is 0 Å². The van der Waals surface area contributed by atoms with Gasteiger partial charge in [0.05, 0.1) is 5.75 Å². The molecule has 0 aliphatic carbocycles. The van der Waals surface area contributed by atoms with E-state index in [1.165, 1.54) is 0 Å². The zero-order valence-electron chi connectivity index (χ0n) is 4.17. The number of rotatable bonds is 3. The third kappa shape index (κ3) is 13.1. The van der Waals surface area contributed by atoms with Gasteiger partial charge in [-0.15, -0.1) is 0 Å². The summed E-state index contributed by atoms with van der Waals surface area (Å²) in [7, 11) is -3.72. The fourth-order valence-corrected chi connectivity index (χ4v) is 1.40. The quantitative estimate of drug-likeness (QED) is 0.431. The Bertz CT molecular complexity index is 143. The number of hydrogen-bond acceptors (Lipinski definition) is 2. The van der Waals surface area contributed by atoms with Crippen LogP contribution in [0, 0.1) is 0 Å². The van der Waals surface area contributed by atoms with Crippen molar-refractivity contribution in [3.05, 3.63) is 0 Å². The number of halogens is 1. The van der Waals surface area contributed by atoms with Gasteiger partial charge in [0.2, 0.25) is 0 Å². The fourth-order valence-electron chi connectivity index (χ4n) is 0.237. The SMILES string of the molecule is O=S(=O)(O)CCCBr.[KH]. The van der Waals surface area contributed by atoms with Crippen LogP contribution in [-0.4, -0.2) is 75.4 Å². The molecule has 0 fully saturated rings. The zero-order chi connectivity index (χ0) is 6.62. The van der Waals surface area contributed by atoms with Crippen LogP contribution < -0.4 is 0 Å². The Hall–Kier alpha value is 2.03. The number of hydrogen-bond donors (Lipinski definition) is 1. The molecule has 0 bridgehead atoms. The monoisotopic (exact) mass is 242 g/mol. The van der Waals surface area contributed by atoms with Crippen molar-refractivity contribution in [3.8, 4) is 0 Å². The van der Waals surface area contributed by atoms with Gasteiger partial charge in [0.1, 0.15) is 0 Å². The van der Waals surface area contributed by atoms with Crippen LogP contribution in [0.1, 0.15) is 6.42 Å². The number of alkyl halides is 1. The van der Waals surface area contributed by atoms with Crippen molar-refractivity contribution in [2.75, 3.05) is 11.1 Å². The summed E-state index contributed by atoms with van der Waals surface area (Å²) in [5.41, 5.74) is 0. The molecule has 0 spiro atoms. The molecular formula is C3H8BrKO3S. The second-order valence-corrected chi connectivity index (χ2v) is 3.69. The average molecular weight is 243 g/mol. The average Bonchev–Trinajstić information content (AvgIpc) is 1.59. The zero-order valence-corrected chi connectivity index (χ0v) is 6.57. The summed E-state index contributed by atoms with van der Waals surface area (Å²) >= 11 is 3.03. The molecule has 0 amide bonds. The van der Waals surface area contributed by atoms with Crippen LogP contribution in [0.5, 0.6) is 0 Å². The second-order valence-electron chi connectivity index (χ2n) is 1.33. The first-order valence-corrected chi connectivity index (χ1v) is 4.80. The van der Waals surface area contributed by atoms with Crippen molar-refractivity contribution in [2.45, 2.75) is 6.42 Å². The summed E-state index contributed by atoms with van der Waals surface area (Å²) in [4.78, 5) is 0. The summed E-state index contributed by atoms with van der Waals surface area (Å²) in [5, 5.41) is 0.604. The molecule has 0 radical (unpaired) electrons. The Morgan fingerprint density at radius 1 is 1.44 bits per heavy atom. The molecule has 3 nitrogen and oxygen atoms in total. The molecule has 0 saturated heterocycles. The van der Waals surface area contributed by atoms with E-state index in [0.29, 0.717) is 11.8 Å². The molecule has 0 unspecified atom stereocenters. The molecule has 0 aliphatic rings. The molecule has 9 heavy (non-hydrogen) atoms. The van der Waals surface area contributed by atoms with E-state index in [4.69, 9.17) is 4.55 Å². The minimum absolute atomic E-state index is 0. The Balaban J connectivity index is 0. The summed E-state index contributed by atoms with van der Waals surface area (Å²) < 4.78 is 27.9. The van der Waals surface area contributed by atoms with E-state index in [1.807, 2.05) is 0 Å². The predicted octanol–water partition coefficient (Wildman–Crippen LogP) is 0.0107. The summed E-state index contributed by atoms with van der Waals surface area (Å²) in [5.74, 6) is -0.155. The van der Waals surface area contributed by atoms with E-state index in [-0.39, 0.29) is 57.1 Å². The second kappa shape index (κ2) is 6.72. The molecule has 0 rings (SSSR count). The predicted molar refractivity (Wildman–Crippen MR) is 42.0 cm³/mol. The van der Waals surface area contributed by atoms with Crippen LogP contribution in [-0.2, 0) is 10.1 Å². The first-order valence-electron chi connectivity index (χ1n) is 2.07. The molecule has 0 aliphatic heterocycles. The van der Waals surface area contributed by atoms with E-state index in [0.717, 1.165) is 0 Å². The molecule has 0 aromatic heterocycles.